The lowest BCUT2D eigenvalue weighted by Gasteiger charge is -2.10. The summed E-state index contributed by atoms with van der Waals surface area (Å²) in [5.41, 5.74) is 0.406. The number of amides is 1. The number of anilines is 1. The molecule has 0 unspecified atom stereocenters. The molecule has 6 nitrogen and oxygen atoms in total. The number of benzene rings is 1. The van der Waals surface area contributed by atoms with Gasteiger partial charge in [-0.05, 0) is 24.3 Å². The molecule has 0 aliphatic rings. The molecular formula is C14H13ClN2O4. The molecule has 2 N–H and O–H groups in total. The van der Waals surface area contributed by atoms with Gasteiger partial charge in [0.2, 0.25) is 11.8 Å². The maximum Gasteiger partial charge on any atom is 0.261 e. The largest absolute Gasteiger partial charge is 0.506 e. The quantitative estimate of drug-likeness (QED) is 0.849. The molecular weight excluding hydrogens is 296 g/mol. The smallest absolute Gasteiger partial charge is 0.261 e. The fourth-order valence-corrected chi connectivity index (χ4v) is 1.84. The number of phenols is 1. The molecule has 0 radical (unpaired) electrons. The Morgan fingerprint density at radius 3 is 2.67 bits per heavy atom. The molecule has 1 aromatic carbocycles. The lowest BCUT2D eigenvalue weighted by molar-refractivity contribution is 0.102. The van der Waals surface area contributed by atoms with Crippen LogP contribution in [0.4, 0.5) is 5.69 Å². The zero-order valence-electron chi connectivity index (χ0n) is 11.4. The Kier molecular flexibility index (Phi) is 4.49. The summed E-state index contributed by atoms with van der Waals surface area (Å²) in [5.74, 6) is -0.130. The van der Waals surface area contributed by atoms with Gasteiger partial charge in [-0.3, -0.25) is 4.79 Å². The molecule has 1 aromatic heterocycles. The average Bonchev–Trinajstić information content (AvgIpc) is 2.50. The number of aromatic hydroxyl groups is 1. The minimum absolute atomic E-state index is 0.0896. The number of hydrogen-bond donors (Lipinski definition) is 2. The highest BCUT2D eigenvalue weighted by atomic mass is 35.5. The van der Waals surface area contributed by atoms with Gasteiger partial charge < -0.3 is 19.9 Å². The Hall–Kier alpha value is -2.47. The van der Waals surface area contributed by atoms with Crippen molar-refractivity contribution in [2.75, 3.05) is 19.5 Å². The van der Waals surface area contributed by atoms with E-state index in [1.54, 1.807) is 0 Å². The van der Waals surface area contributed by atoms with Gasteiger partial charge in [-0.2, -0.15) is 4.98 Å². The second-order valence-corrected chi connectivity index (χ2v) is 4.46. The van der Waals surface area contributed by atoms with Crippen molar-refractivity contribution < 1.29 is 19.4 Å². The summed E-state index contributed by atoms with van der Waals surface area (Å²) in [4.78, 5) is 16.2. The second kappa shape index (κ2) is 6.32. The third kappa shape index (κ3) is 3.35. The number of carbonyl (C=O) groups excluding carboxylic acids is 1. The first-order valence-corrected chi connectivity index (χ1v) is 6.32. The maximum absolute atomic E-state index is 12.2. The second-order valence-electron chi connectivity index (χ2n) is 4.03. The summed E-state index contributed by atoms with van der Waals surface area (Å²) < 4.78 is 10.0. The van der Waals surface area contributed by atoms with Crippen LogP contribution in [0.15, 0.2) is 30.3 Å². The van der Waals surface area contributed by atoms with E-state index in [2.05, 4.69) is 10.3 Å². The Morgan fingerprint density at radius 1 is 1.24 bits per heavy atom. The van der Waals surface area contributed by atoms with Crippen molar-refractivity contribution in [1.82, 2.24) is 4.98 Å². The van der Waals surface area contributed by atoms with Gasteiger partial charge in [0, 0.05) is 11.1 Å². The van der Waals surface area contributed by atoms with Crippen LogP contribution < -0.4 is 14.8 Å². The molecule has 0 spiro atoms. The Bertz CT molecular complexity index is 676. The van der Waals surface area contributed by atoms with E-state index in [-0.39, 0.29) is 22.9 Å². The molecule has 21 heavy (non-hydrogen) atoms. The number of nitrogens with one attached hydrogen (secondary N) is 1. The van der Waals surface area contributed by atoms with Crippen molar-refractivity contribution in [3.8, 4) is 17.5 Å². The first-order chi connectivity index (χ1) is 10.0. The van der Waals surface area contributed by atoms with E-state index in [0.29, 0.717) is 10.9 Å². The highest BCUT2D eigenvalue weighted by molar-refractivity contribution is 6.31. The van der Waals surface area contributed by atoms with Gasteiger partial charge in [0.15, 0.2) is 0 Å². The summed E-state index contributed by atoms with van der Waals surface area (Å²) in [6, 6.07) is 7.40. The van der Waals surface area contributed by atoms with Gasteiger partial charge in [0.05, 0.1) is 19.9 Å². The monoisotopic (exact) mass is 308 g/mol. The number of rotatable bonds is 4. The molecule has 0 aliphatic heterocycles. The van der Waals surface area contributed by atoms with E-state index in [9.17, 15) is 9.90 Å². The fourth-order valence-electron chi connectivity index (χ4n) is 1.66. The van der Waals surface area contributed by atoms with Crippen LogP contribution in [0.1, 0.15) is 10.4 Å². The van der Waals surface area contributed by atoms with Gasteiger partial charge in [-0.15, -0.1) is 0 Å². The maximum atomic E-state index is 12.2. The van der Waals surface area contributed by atoms with Crippen LogP contribution in [0.2, 0.25) is 5.02 Å². The van der Waals surface area contributed by atoms with Crippen LogP contribution >= 0.6 is 11.6 Å². The van der Waals surface area contributed by atoms with Crippen molar-refractivity contribution in [3.05, 3.63) is 40.9 Å². The topological polar surface area (TPSA) is 80.7 Å². The van der Waals surface area contributed by atoms with Gasteiger partial charge in [-0.1, -0.05) is 11.6 Å². The van der Waals surface area contributed by atoms with Crippen molar-refractivity contribution in [1.29, 1.82) is 0 Å². The summed E-state index contributed by atoms with van der Waals surface area (Å²) in [7, 11) is 2.86. The van der Waals surface area contributed by atoms with Crippen LogP contribution in [-0.4, -0.2) is 30.2 Å². The van der Waals surface area contributed by atoms with E-state index in [1.807, 2.05) is 0 Å². The zero-order valence-corrected chi connectivity index (χ0v) is 12.1. The van der Waals surface area contributed by atoms with Crippen molar-refractivity contribution in [2.24, 2.45) is 0 Å². The van der Waals surface area contributed by atoms with E-state index < -0.39 is 5.91 Å². The molecule has 1 amide bonds. The van der Waals surface area contributed by atoms with Gasteiger partial charge in [0.25, 0.3) is 5.91 Å². The molecule has 2 aromatic rings. The van der Waals surface area contributed by atoms with E-state index in [4.69, 9.17) is 21.1 Å². The molecule has 110 valence electrons. The minimum Gasteiger partial charge on any atom is -0.506 e. The Morgan fingerprint density at radius 2 is 2.00 bits per heavy atom. The molecule has 0 saturated carbocycles. The molecule has 0 saturated heterocycles. The lowest BCUT2D eigenvalue weighted by Crippen LogP contribution is -2.14. The minimum atomic E-state index is -0.487. The lowest BCUT2D eigenvalue weighted by atomic mass is 10.2. The highest BCUT2D eigenvalue weighted by Crippen LogP contribution is 2.28. The standard InChI is InChI=1S/C14H13ClN2O4/c1-20-12-6-4-9(14(17-12)21-2)13(19)16-10-7-8(15)3-5-11(10)18/h3-7,18H,1-2H3,(H,16,19). The average molecular weight is 309 g/mol. The Balaban J connectivity index is 2.30. The number of methoxy groups -OCH3 is 2. The number of hydrogen-bond acceptors (Lipinski definition) is 5. The van der Waals surface area contributed by atoms with E-state index in [1.165, 1.54) is 44.6 Å². The predicted octanol–water partition coefficient (Wildman–Crippen LogP) is 2.71. The summed E-state index contributed by atoms with van der Waals surface area (Å²) in [5, 5.41) is 12.6. The molecule has 0 aliphatic carbocycles. The van der Waals surface area contributed by atoms with Crippen LogP contribution in [0.25, 0.3) is 0 Å². The number of pyridine rings is 1. The molecule has 1 heterocycles. The normalized spacial score (nSPS) is 10.0. The van der Waals surface area contributed by atoms with Gasteiger partial charge in [-0.25, -0.2) is 0 Å². The Labute approximate surface area is 126 Å². The predicted molar refractivity (Wildman–Crippen MR) is 78.4 cm³/mol. The number of ether oxygens (including phenoxy) is 2. The number of aromatic nitrogens is 1. The van der Waals surface area contributed by atoms with Crippen LogP contribution in [0.5, 0.6) is 17.5 Å². The third-order valence-corrected chi connectivity index (χ3v) is 2.92. The molecule has 0 bridgehead atoms. The molecule has 0 fully saturated rings. The number of carbonyl (C=O) groups is 1. The summed E-state index contributed by atoms with van der Waals surface area (Å²) in [6.45, 7) is 0. The molecule has 2 rings (SSSR count). The summed E-state index contributed by atoms with van der Waals surface area (Å²) >= 11 is 5.83. The van der Waals surface area contributed by atoms with Crippen LogP contribution in [0, 0.1) is 0 Å². The number of halogens is 1. The molecule has 7 heteroatoms. The van der Waals surface area contributed by atoms with Gasteiger partial charge in [0.1, 0.15) is 11.3 Å². The van der Waals surface area contributed by atoms with E-state index in [0.717, 1.165) is 0 Å². The SMILES string of the molecule is COc1ccc(C(=O)Nc2cc(Cl)ccc2O)c(OC)n1. The highest BCUT2D eigenvalue weighted by Gasteiger charge is 2.16. The summed E-state index contributed by atoms with van der Waals surface area (Å²) in [6.07, 6.45) is 0. The van der Waals surface area contributed by atoms with Gasteiger partial charge >= 0.3 is 0 Å². The fraction of sp³-hybridized carbons (Fsp3) is 0.143. The number of nitrogens with zero attached hydrogens (tertiary/aromatic N) is 1. The van der Waals surface area contributed by atoms with Crippen molar-refractivity contribution >= 4 is 23.2 Å². The van der Waals surface area contributed by atoms with E-state index >= 15 is 0 Å². The van der Waals surface area contributed by atoms with Crippen LogP contribution in [-0.2, 0) is 0 Å². The molecule has 0 atom stereocenters. The number of phenolic OH excluding ortho intramolecular Hbond substituents is 1. The van der Waals surface area contributed by atoms with Crippen molar-refractivity contribution in [3.63, 3.8) is 0 Å². The first-order valence-electron chi connectivity index (χ1n) is 5.94. The zero-order chi connectivity index (χ0) is 15.4. The van der Waals surface area contributed by atoms with Crippen molar-refractivity contribution in [2.45, 2.75) is 0 Å². The third-order valence-electron chi connectivity index (χ3n) is 2.69. The van der Waals surface area contributed by atoms with Crippen LogP contribution in [0.3, 0.4) is 0 Å². The first kappa shape index (κ1) is 14.9.